The fraction of sp³-hybridized carbons (Fsp3) is 1.00. The molecule has 0 aromatic rings. The van der Waals surface area contributed by atoms with Crippen molar-refractivity contribution in [2.24, 2.45) is 0 Å². The maximum atomic E-state index is 11.9. The summed E-state index contributed by atoms with van der Waals surface area (Å²) in [5.41, 5.74) is 0. The van der Waals surface area contributed by atoms with Gasteiger partial charge in [0.1, 0.15) is 6.10 Å². The van der Waals surface area contributed by atoms with E-state index in [1.54, 1.807) is 6.92 Å². The summed E-state index contributed by atoms with van der Waals surface area (Å²) in [6.07, 6.45) is 0.150. The average molecular weight is 226 g/mol. The molecule has 6 heteroatoms. The number of hydrogen-bond donors (Lipinski definition) is 2. The average Bonchev–Trinajstić information content (AvgIpc) is 2.15. The van der Waals surface area contributed by atoms with Crippen molar-refractivity contribution in [1.82, 2.24) is 0 Å². The quantitative estimate of drug-likeness (QED) is 0.604. The van der Waals surface area contributed by atoms with Crippen LogP contribution >= 0.6 is 7.60 Å². The smallest absolute Gasteiger partial charge is 0.331 e. The van der Waals surface area contributed by atoms with Crippen LogP contribution in [0.15, 0.2) is 0 Å². The van der Waals surface area contributed by atoms with E-state index in [1.807, 2.05) is 6.92 Å². The number of rotatable bonds is 8. The highest BCUT2D eigenvalue weighted by atomic mass is 31.2. The fourth-order valence-electron chi connectivity index (χ4n) is 0.970. The molecule has 0 saturated heterocycles. The second-order valence-corrected chi connectivity index (χ2v) is 4.98. The van der Waals surface area contributed by atoms with Crippen LogP contribution in [0, 0.1) is 0 Å². The Balaban J connectivity index is 4.26. The molecule has 0 aliphatic carbocycles. The van der Waals surface area contributed by atoms with Gasteiger partial charge in [0.25, 0.3) is 0 Å². The van der Waals surface area contributed by atoms with Crippen LogP contribution in [-0.2, 0) is 13.6 Å². The second-order valence-electron chi connectivity index (χ2n) is 2.84. The minimum atomic E-state index is -3.13. The lowest BCUT2D eigenvalue weighted by Gasteiger charge is -2.21. The summed E-state index contributed by atoms with van der Waals surface area (Å²) >= 11 is 0. The lowest BCUT2D eigenvalue weighted by molar-refractivity contribution is 0.0483. The molecule has 1 atom stereocenters. The topological polar surface area (TPSA) is 76.0 Å². The zero-order valence-electron chi connectivity index (χ0n) is 8.68. The van der Waals surface area contributed by atoms with E-state index in [0.29, 0.717) is 19.2 Å². The van der Waals surface area contributed by atoms with Crippen molar-refractivity contribution in [3.63, 3.8) is 0 Å². The maximum Gasteiger partial charge on any atom is 0.331 e. The molecule has 0 aromatic heterocycles. The lowest BCUT2D eigenvalue weighted by atomic mass is 10.4. The third-order valence-electron chi connectivity index (χ3n) is 1.54. The first-order chi connectivity index (χ1) is 6.61. The molecule has 0 heterocycles. The molecule has 1 unspecified atom stereocenters. The van der Waals surface area contributed by atoms with Crippen molar-refractivity contribution in [1.29, 1.82) is 0 Å². The van der Waals surface area contributed by atoms with Crippen LogP contribution in [0.1, 0.15) is 20.3 Å². The molecule has 0 spiro atoms. The Morgan fingerprint density at radius 1 is 1.29 bits per heavy atom. The molecule has 14 heavy (non-hydrogen) atoms. The summed E-state index contributed by atoms with van der Waals surface area (Å²) in [5.74, 6) is 0. The first-order valence-corrected chi connectivity index (χ1v) is 6.48. The molecule has 0 fully saturated rings. The Labute approximate surface area is 84.6 Å². The summed E-state index contributed by atoms with van der Waals surface area (Å²) < 4.78 is 21.9. The van der Waals surface area contributed by atoms with Gasteiger partial charge in [-0.15, -0.1) is 0 Å². The molecule has 0 aromatic carbocycles. The number of aliphatic hydroxyl groups is 2. The van der Waals surface area contributed by atoms with Gasteiger partial charge in [-0.3, -0.25) is 4.57 Å². The molecule has 0 aliphatic rings. The van der Waals surface area contributed by atoms with E-state index in [9.17, 15) is 4.57 Å². The van der Waals surface area contributed by atoms with E-state index in [1.165, 1.54) is 0 Å². The molecular weight excluding hydrogens is 207 g/mol. The lowest BCUT2D eigenvalue weighted by Crippen LogP contribution is -2.22. The summed E-state index contributed by atoms with van der Waals surface area (Å²) in [7, 11) is -3.13. The van der Waals surface area contributed by atoms with Crippen molar-refractivity contribution >= 4 is 7.60 Å². The molecule has 2 N–H and O–H groups in total. The Hall–Kier alpha value is 0.0700. The largest absolute Gasteiger partial charge is 0.394 e. The summed E-state index contributed by atoms with van der Waals surface area (Å²) in [6.45, 7) is 3.15. The Morgan fingerprint density at radius 2 is 1.86 bits per heavy atom. The van der Waals surface area contributed by atoms with E-state index < -0.39 is 13.7 Å². The normalized spacial score (nSPS) is 15.8. The first kappa shape index (κ1) is 14.1. The molecule has 0 aliphatic heterocycles. The standard InChI is InChI=1S/C8H19O5P/c1-3-5-14(11,12-4-2)13-8(6-9)7-10/h8-10H,3-7H2,1-2H3. The highest BCUT2D eigenvalue weighted by Crippen LogP contribution is 2.49. The Morgan fingerprint density at radius 3 is 2.21 bits per heavy atom. The van der Waals surface area contributed by atoms with Crippen LogP contribution in [0.5, 0.6) is 0 Å². The van der Waals surface area contributed by atoms with Crippen molar-refractivity contribution in [3.05, 3.63) is 0 Å². The van der Waals surface area contributed by atoms with Crippen LogP contribution in [0.3, 0.4) is 0 Å². The van der Waals surface area contributed by atoms with Crippen LogP contribution in [-0.4, -0.2) is 42.3 Å². The highest BCUT2D eigenvalue weighted by molar-refractivity contribution is 7.53. The SMILES string of the molecule is CCCP(=O)(OCC)OC(CO)CO. The van der Waals surface area contributed by atoms with Crippen LogP contribution in [0.2, 0.25) is 0 Å². The van der Waals surface area contributed by atoms with Gasteiger partial charge in [-0.05, 0) is 13.3 Å². The predicted molar refractivity (Wildman–Crippen MR) is 53.4 cm³/mol. The van der Waals surface area contributed by atoms with Gasteiger partial charge in [-0.1, -0.05) is 6.92 Å². The predicted octanol–water partition coefficient (Wildman–Crippen LogP) is 0.996. The molecule has 0 radical (unpaired) electrons. The third kappa shape index (κ3) is 5.08. The fourth-order valence-corrected chi connectivity index (χ4v) is 2.79. The van der Waals surface area contributed by atoms with Crippen LogP contribution in [0.4, 0.5) is 0 Å². The zero-order chi connectivity index (χ0) is 11.0. The van der Waals surface area contributed by atoms with Gasteiger partial charge in [0.15, 0.2) is 0 Å². The van der Waals surface area contributed by atoms with Gasteiger partial charge >= 0.3 is 7.60 Å². The highest BCUT2D eigenvalue weighted by Gasteiger charge is 2.26. The molecule has 5 nitrogen and oxygen atoms in total. The van der Waals surface area contributed by atoms with E-state index in [4.69, 9.17) is 19.3 Å². The van der Waals surface area contributed by atoms with Crippen molar-refractivity contribution < 1.29 is 23.8 Å². The van der Waals surface area contributed by atoms with E-state index in [2.05, 4.69) is 0 Å². The van der Waals surface area contributed by atoms with Gasteiger partial charge in [0.05, 0.1) is 19.8 Å². The minimum Gasteiger partial charge on any atom is -0.394 e. The van der Waals surface area contributed by atoms with Crippen molar-refractivity contribution in [2.45, 2.75) is 26.4 Å². The van der Waals surface area contributed by atoms with Crippen LogP contribution < -0.4 is 0 Å². The van der Waals surface area contributed by atoms with Gasteiger partial charge in [-0.2, -0.15) is 0 Å². The Bertz CT molecular complexity index is 171. The van der Waals surface area contributed by atoms with Gasteiger partial charge in [0.2, 0.25) is 0 Å². The molecule has 0 bridgehead atoms. The van der Waals surface area contributed by atoms with Crippen molar-refractivity contribution in [3.8, 4) is 0 Å². The molecule has 0 saturated carbocycles. The molecule has 0 rings (SSSR count). The number of aliphatic hydroxyl groups excluding tert-OH is 2. The van der Waals surface area contributed by atoms with Gasteiger partial charge in [-0.25, -0.2) is 0 Å². The van der Waals surface area contributed by atoms with E-state index >= 15 is 0 Å². The van der Waals surface area contributed by atoms with Crippen LogP contribution in [0.25, 0.3) is 0 Å². The summed E-state index contributed by atoms with van der Waals surface area (Å²) in [4.78, 5) is 0. The first-order valence-electron chi connectivity index (χ1n) is 4.75. The van der Waals surface area contributed by atoms with Crippen molar-refractivity contribution in [2.75, 3.05) is 26.0 Å². The van der Waals surface area contributed by atoms with Gasteiger partial charge in [0, 0.05) is 6.16 Å². The summed E-state index contributed by atoms with van der Waals surface area (Å²) in [5, 5.41) is 17.5. The Kier molecular flexibility index (Phi) is 7.41. The monoisotopic (exact) mass is 226 g/mol. The number of hydrogen-bond acceptors (Lipinski definition) is 5. The molecular formula is C8H19O5P. The molecule has 0 amide bonds. The second kappa shape index (κ2) is 7.37. The molecule has 86 valence electrons. The zero-order valence-corrected chi connectivity index (χ0v) is 9.57. The minimum absolute atomic E-state index is 0.293. The van der Waals surface area contributed by atoms with E-state index in [-0.39, 0.29) is 13.2 Å². The summed E-state index contributed by atoms with van der Waals surface area (Å²) in [6, 6.07) is 0. The van der Waals surface area contributed by atoms with Gasteiger partial charge < -0.3 is 19.3 Å². The maximum absolute atomic E-state index is 11.9. The van der Waals surface area contributed by atoms with E-state index in [0.717, 1.165) is 0 Å². The third-order valence-corrected chi connectivity index (χ3v) is 3.81.